The third kappa shape index (κ3) is 6.39. The molecule has 0 aliphatic carbocycles. The molecule has 0 spiro atoms. The zero-order chi connectivity index (χ0) is 18.6. The van der Waals surface area contributed by atoms with Gasteiger partial charge >= 0.3 is 0 Å². The summed E-state index contributed by atoms with van der Waals surface area (Å²) in [7, 11) is 3.88. The number of guanidine groups is 1. The SMILES string of the molecule is C=CCCCN(C)C(=NC)NCc1nccn1CCCc1ccccc1. The van der Waals surface area contributed by atoms with Gasteiger partial charge < -0.3 is 14.8 Å². The van der Waals surface area contributed by atoms with Crippen LogP contribution in [0.25, 0.3) is 0 Å². The molecule has 2 aromatic rings. The van der Waals surface area contributed by atoms with E-state index in [-0.39, 0.29) is 0 Å². The molecule has 0 fully saturated rings. The third-order valence-electron chi connectivity index (χ3n) is 4.39. The van der Waals surface area contributed by atoms with E-state index >= 15 is 0 Å². The molecule has 26 heavy (non-hydrogen) atoms. The number of rotatable bonds is 10. The van der Waals surface area contributed by atoms with Gasteiger partial charge in [0.15, 0.2) is 5.96 Å². The molecule has 0 unspecified atom stereocenters. The lowest BCUT2D eigenvalue weighted by Gasteiger charge is -2.22. The molecule has 5 nitrogen and oxygen atoms in total. The van der Waals surface area contributed by atoms with Gasteiger partial charge in [0.05, 0.1) is 6.54 Å². The lowest BCUT2D eigenvalue weighted by molar-refractivity contribution is 0.467. The molecule has 5 heteroatoms. The van der Waals surface area contributed by atoms with Gasteiger partial charge in [0, 0.05) is 39.6 Å². The van der Waals surface area contributed by atoms with E-state index in [1.807, 2.05) is 19.3 Å². The minimum Gasteiger partial charge on any atom is -0.349 e. The Labute approximate surface area is 157 Å². The summed E-state index contributed by atoms with van der Waals surface area (Å²) >= 11 is 0. The summed E-state index contributed by atoms with van der Waals surface area (Å²) in [4.78, 5) is 11.0. The molecule has 140 valence electrons. The molecule has 0 atom stereocenters. The van der Waals surface area contributed by atoms with E-state index in [1.165, 1.54) is 5.56 Å². The number of aryl methyl sites for hydroxylation is 2. The lowest BCUT2D eigenvalue weighted by Crippen LogP contribution is -2.39. The molecule has 0 saturated heterocycles. The van der Waals surface area contributed by atoms with Crippen LogP contribution in [0.4, 0.5) is 0 Å². The highest BCUT2D eigenvalue weighted by Crippen LogP contribution is 2.06. The second-order valence-corrected chi connectivity index (χ2v) is 6.38. The average molecular weight is 354 g/mol. The van der Waals surface area contributed by atoms with E-state index in [4.69, 9.17) is 0 Å². The number of nitrogens with one attached hydrogen (secondary N) is 1. The van der Waals surface area contributed by atoms with Gasteiger partial charge in [-0.05, 0) is 31.2 Å². The van der Waals surface area contributed by atoms with Crippen molar-refractivity contribution in [3.05, 3.63) is 66.8 Å². The van der Waals surface area contributed by atoms with Crippen LogP contribution >= 0.6 is 0 Å². The van der Waals surface area contributed by atoms with E-state index in [2.05, 4.69) is 74.9 Å². The highest BCUT2D eigenvalue weighted by Gasteiger charge is 2.08. The Bertz CT molecular complexity index is 675. The number of allylic oxidation sites excluding steroid dienone is 1. The van der Waals surface area contributed by atoms with Crippen molar-refractivity contribution in [2.75, 3.05) is 20.6 Å². The van der Waals surface area contributed by atoms with Crippen molar-refractivity contribution in [1.82, 2.24) is 19.8 Å². The maximum Gasteiger partial charge on any atom is 0.193 e. The van der Waals surface area contributed by atoms with Crippen molar-refractivity contribution in [2.45, 2.75) is 38.8 Å². The number of unbranched alkanes of at least 4 members (excludes halogenated alkanes) is 1. The number of aromatic nitrogens is 2. The van der Waals surface area contributed by atoms with E-state index in [0.29, 0.717) is 6.54 Å². The van der Waals surface area contributed by atoms with Crippen molar-refractivity contribution < 1.29 is 0 Å². The third-order valence-corrected chi connectivity index (χ3v) is 4.39. The van der Waals surface area contributed by atoms with Gasteiger partial charge in [-0.1, -0.05) is 36.4 Å². The van der Waals surface area contributed by atoms with Crippen molar-refractivity contribution in [1.29, 1.82) is 0 Å². The molecule has 0 bridgehead atoms. The summed E-state index contributed by atoms with van der Waals surface area (Å²) in [6.07, 6.45) is 10.2. The van der Waals surface area contributed by atoms with Gasteiger partial charge in [-0.2, -0.15) is 0 Å². The Morgan fingerprint density at radius 2 is 2.12 bits per heavy atom. The average Bonchev–Trinajstić information content (AvgIpc) is 3.11. The van der Waals surface area contributed by atoms with Crippen molar-refractivity contribution in [2.24, 2.45) is 4.99 Å². The second kappa shape index (κ2) is 11.1. The van der Waals surface area contributed by atoms with E-state index in [1.54, 1.807) is 0 Å². The first-order chi connectivity index (χ1) is 12.7. The molecule has 0 amide bonds. The fourth-order valence-electron chi connectivity index (χ4n) is 2.93. The highest BCUT2D eigenvalue weighted by molar-refractivity contribution is 5.79. The van der Waals surface area contributed by atoms with Crippen LogP contribution in [-0.4, -0.2) is 41.1 Å². The summed E-state index contributed by atoms with van der Waals surface area (Å²) in [6.45, 7) is 6.38. The summed E-state index contributed by atoms with van der Waals surface area (Å²) in [5, 5.41) is 3.41. The summed E-state index contributed by atoms with van der Waals surface area (Å²) < 4.78 is 2.22. The van der Waals surface area contributed by atoms with Gasteiger partial charge in [0.2, 0.25) is 0 Å². The van der Waals surface area contributed by atoms with Crippen LogP contribution in [0.2, 0.25) is 0 Å². The second-order valence-electron chi connectivity index (χ2n) is 6.38. The topological polar surface area (TPSA) is 45.4 Å². The molecule has 0 radical (unpaired) electrons. The highest BCUT2D eigenvalue weighted by atomic mass is 15.3. The predicted molar refractivity (Wildman–Crippen MR) is 109 cm³/mol. The first-order valence-electron chi connectivity index (χ1n) is 9.31. The molecule has 1 aromatic carbocycles. The van der Waals surface area contributed by atoms with Crippen LogP contribution in [0.15, 0.2) is 60.4 Å². The van der Waals surface area contributed by atoms with Crippen molar-refractivity contribution in [3.8, 4) is 0 Å². The monoisotopic (exact) mass is 353 g/mol. The number of hydrogen-bond acceptors (Lipinski definition) is 2. The predicted octanol–water partition coefficient (Wildman–Crippen LogP) is 3.49. The van der Waals surface area contributed by atoms with E-state index in [9.17, 15) is 0 Å². The molecule has 2 rings (SSSR count). The van der Waals surface area contributed by atoms with E-state index in [0.717, 1.165) is 50.6 Å². The van der Waals surface area contributed by atoms with Crippen molar-refractivity contribution in [3.63, 3.8) is 0 Å². The standard InChI is InChI=1S/C21H31N5/c1-4-5-9-15-25(3)21(22-2)24-18-20-23-14-17-26(20)16-10-13-19-11-7-6-8-12-19/h4,6-8,11-12,14,17H,1,5,9-10,13,15-16,18H2,2-3H3,(H,22,24). The van der Waals surface area contributed by atoms with E-state index < -0.39 is 0 Å². The zero-order valence-electron chi connectivity index (χ0n) is 16.1. The van der Waals surface area contributed by atoms with Gasteiger partial charge in [0.25, 0.3) is 0 Å². The Hall–Kier alpha value is -2.56. The molecular formula is C21H31N5. The molecule has 1 aromatic heterocycles. The summed E-state index contributed by atoms with van der Waals surface area (Å²) in [6, 6.07) is 10.6. The molecule has 1 N–H and O–H groups in total. The van der Waals surface area contributed by atoms with Gasteiger partial charge in [-0.15, -0.1) is 6.58 Å². The Balaban J connectivity index is 1.80. The van der Waals surface area contributed by atoms with Gasteiger partial charge in [0.1, 0.15) is 5.82 Å². The quantitative estimate of drug-likeness (QED) is 0.308. The summed E-state index contributed by atoms with van der Waals surface area (Å²) in [5.41, 5.74) is 1.38. The Kier molecular flexibility index (Phi) is 8.46. The Morgan fingerprint density at radius 1 is 1.31 bits per heavy atom. The van der Waals surface area contributed by atoms with Gasteiger partial charge in [-0.3, -0.25) is 4.99 Å². The van der Waals surface area contributed by atoms with Crippen LogP contribution in [0.3, 0.4) is 0 Å². The fraction of sp³-hybridized carbons (Fsp3) is 0.429. The van der Waals surface area contributed by atoms with Crippen molar-refractivity contribution >= 4 is 5.96 Å². The molecule has 1 heterocycles. The number of nitrogens with zero attached hydrogens (tertiary/aromatic N) is 4. The van der Waals surface area contributed by atoms with Crippen LogP contribution in [-0.2, 0) is 19.5 Å². The number of hydrogen-bond donors (Lipinski definition) is 1. The minimum absolute atomic E-state index is 0.677. The number of aliphatic imine (C=N–C) groups is 1. The molecule has 0 aliphatic rings. The first kappa shape index (κ1) is 19.8. The fourth-order valence-corrected chi connectivity index (χ4v) is 2.93. The van der Waals surface area contributed by atoms with Crippen LogP contribution < -0.4 is 5.32 Å². The van der Waals surface area contributed by atoms with Crippen LogP contribution in [0.1, 0.15) is 30.7 Å². The maximum absolute atomic E-state index is 4.50. The van der Waals surface area contributed by atoms with Gasteiger partial charge in [-0.25, -0.2) is 4.98 Å². The zero-order valence-corrected chi connectivity index (χ0v) is 16.1. The summed E-state index contributed by atoms with van der Waals surface area (Å²) in [5.74, 6) is 1.94. The number of benzene rings is 1. The number of imidazole rings is 1. The largest absolute Gasteiger partial charge is 0.349 e. The normalized spacial score (nSPS) is 11.4. The molecular weight excluding hydrogens is 322 g/mol. The molecule has 0 aliphatic heterocycles. The van der Waals surface area contributed by atoms with Crippen LogP contribution in [0.5, 0.6) is 0 Å². The lowest BCUT2D eigenvalue weighted by atomic mass is 10.1. The first-order valence-corrected chi connectivity index (χ1v) is 9.31. The van der Waals surface area contributed by atoms with Crippen LogP contribution in [0, 0.1) is 0 Å². The smallest absolute Gasteiger partial charge is 0.193 e. The Morgan fingerprint density at radius 3 is 2.85 bits per heavy atom. The maximum atomic E-state index is 4.50. The minimum atomic E-state index is 0.677. The molecule has 0 saturated carbocycles.